The zero-order valence-corrected chi connectivity index (χ0v) is 14.3. The fourth-order valence-electron chi connectivity index (χ4n) is 7.51. The van der Waals surface area contributed by atoms with Crippen molar-refractivity contribution in [3.05, 3.63) is 12.2 Å². The standard InChI is InChI=1S/C20H30O2/c1-12-13-10-14(21)16-19(4)8-5-7-18(2,3)15(19)6-9-20(16,11-13)17(12)22/h13,15-17,22H,1,5-11H2,2-4H3/t13-,15-,16+,17-,19-,20-/m1/s1. The van der Waals surface area contributed by atoms with Gasteiger partial charge in [0, 0.05) is 17.8 Å². The number of carbonyl (C=O) groups excluding carboxylic acids is 1. The minimum absolute atomic E-state index is 0.0591. The number of aliphatic hydroxyl groups is 1. The maximum atomic E-state index is 13.1. The number of fused-ring (bicyclic) bond motifs is 3. The van der Waals surface area contributed by atoms with Crippen LogP contribution in [0.15, 0.2) is 12.2 Å². The summed E-state index contributed by atoms with van der Waals surface area (Å²) in [6.45, 7) is 11.3. The molecule has 0 radical (unpaired) electrons. The first kappa shape index (κ1) is 14.9. The fourth-order valence-corrected chi connectivity index (χ4v) is 7.51. The molecule has 122 valence electrons. The topological polar surface area (TPSA) is 37.3 Å². The molecule has 0 aromatic heterocycles. The predicted octanol–water partition coefficient (Wildman–Crippen LogP) is 4.13. The monoisotopic (exact) mass is 302 g/mol. The smallest absolute Gasteiger partial charge is 0.137 e. The molecule has 0 unspecified atom stereocenters. The van der Waals surface area contributed by atoms with Gasteiger partial charge in [-0.1, -0.05) is 33.8 Å². The van der Waals surface area contributed by atoms with Crippen molar-refractivity contribution in [2.75, 3.05) is 0 Å². The van der Waals surface area contributed by atoms with E-state index in [1.165, 1.54) is 19.3 Å². The lowest BCUT2D eigenvalue weighted by atomic mass is 9.40. The molecule has 1 N–H and O–H groups in total. The van der Waals surface area contributed by atoms with Crippen LogP contribution in [0.4, 0.5) is 0 Å². The van der Waals surface area contributed by atoms with Crippen molar-refractivity contribution in [2.24, 2.45) is 34.0 Å². The second kappa shape index (κ2) is 4.26. The largest absolute Gasteiger partial charge is 0.388 e. The van der Waals surface area contributed by atoms with Gasteiger partial charge in [0.1, 0.15) is 5.78 Å². The van der Waals surface area contributed by atoms with Crippen LogP contribution in [0.2, 0.25) is 0 Å². The van der Waals surface area contributed by atoms with E-state index in [1.54, 1.807) is 0 Å². The van der Waals surface area contributed by atoms with Crippen molar-refractivity contribution in [1.29, 1.82) is 0 Å². The van der Waals surface area contributed by atoms with E-state index in [9.17, 15) is 9.90 Å². The highest BCUT2D eigenvalue weighted by Gasteiger charge is 2.68. The van der Waals surface area contributed by atoms with Crippen molar-refractivity contribution in [3.8, 4) is 0 Å². The van der Waals surface area contributed by atoms with E-state index >= 15 is 0 Å². The molecule has 0 aromatic rings. The first-order chi connectivity index (χ1) is 10.2. The van der Waals surface area contributed by atoms with Crippen LogP contribution in [0.1, 0.15) is 65.7 Å². The van der Waals surface area contributed by atoms with Gasteiger partial charge in [-0.15, -0.1) is 0 Å². The van der Waals surface area contributed by atoms with Crippen LogP contribution in [-0.4, -0.2) is 17.0 Å². The maximum Gasteiger partial charge on any atom is 0.137 e. The Kier molecular flexibility index (Phi) is 2.89. The van der Waals surface area contributed by atoms with Crippen LogP contribution in [0.3, 0.4) is 0 Å². The van der Waals surface area contributed by atoms with Crippen LogP contribution < -0.4 is 0 Å². The third kappa shape index (κ3) is 1.58. The van der Waals surface area contributed by atoms with Crippen molar-refractivity contribution in [2.45, 2.75) is 71.8 Å². The van der Waals surface area contributed by atoms with Gasteiger partial charge < -0.3 is 5.11 Å². The van der Waals surface area contributed by atoms with Crippen molar-refractivity contribution in [3.63, 3.8) is 0 Å². The second-order valence-corrected chi connectivity index (χ2v) is 9.65. The van der Waals surface area contributed by atoms with Gasteiger partial charge in [-0.2, -0.15) is 0 Å². The molecule has 22 heavy (non-hydrogen) atoms. The Morgan fingerprint density at radius 2 is 1.91 bits per heavy atom. The number of rotatable bonds is 0. The van der Waals surface area contributed by atoms with Gasteiger partial charge in [-0.25, -0.2) is 0 Å². The lowest BCUT2D eigenvalue weighted by Crippen LogP contribution is -2.60. The predicted molar refractivity (Wildman–Crippen MR) is 87.3 cm³/mol. The molecule has 4 aliphatic rings. The Bertz CT molecular complexity index is 548. The number of hydrogen-bond donors (Lipinski definition) is 1. The first-order valence-electron chi connectivity index (χ1n) is 9.12. The van der Waals surface area contributed by atoms with Crippen LogP contribution in [0, 0.1) is 34.0 Å². The summed E-state index contributed by atoms with van der Waals surface area (Å²) in [7, 11) is 0. The molecule has 0 saturated heterocycles. The van der Waals surface area contributed by atoms with Gasteiger partial charge in [-0.05, 0) is 60.3 Å². The van der Waals surface area contributed by atoms with Gasteiger partial charge in [0.15, 0.2) is 0 Å². The summed E-state index contributed by atoms with van der Waals surface area (Å²) >= 11 is 0. The molecule has 2 heteroatoms. The van der Waals surface area contributed by atoms with Gasteiger partial charge in [0.05, 0.1) is 6.10 Å². The lowest BCUT2D eigenvalue weighted by Gasteiger charge is -2.63. The van der Waals surface area contributed by atoms with Gasteiger partial charge in [-0.3, -0.25) is 4.79 Å². The van der Waals surface area contributed by atoms with Crippen molar-refractivity contribution >= 4 is 5.78 Å². The molecule has 4 rings (SSSR count). The zero-order chi connectivity index (χ0) is 15.9. The average molecular weight is 302 g/mol. The Hall–Kier alpha value is -0.630. The van der Waals surface area contributed by atoms with Gasteiger partial charge in [0.2, 0.25) is 0 Å². The molecule has 4 fully saturated rings. The summed E-state index contributed by atoms with van der Waals surface area (Å²) in [4.78, 5) is 13.1. The molecule has 2 bridgehead atoms. The number of ketones is 1. The summed E-state index contributed by atoms with van der Waals surface area (Å²) in [5.74, 6) is 1.35. The quantitative estimate of drug-likeness (QED) is 0.683. The van der Waals surface area contributed by atoms with E-state index in [1.807, 2.05) is 0 Å². The van der Waals surface area contributed by atoms with Crippen LogP contribution >= 0.6 is 0 Å². The fraction of sp³-hybridized carbons (Fsp3) is 0.850. The van der Waals surface area contributed by atoms with Crippen LogP contribution in [0.25, 0.3) is 0 Å². The van der Waals surface area contributed by atoms with Crippen molar-refractivity contribution < 1.29 is 9.90 Å². The average Bonchev–Trinajstić information content (AvgIpc) is 2.59. The maximum absolute atomic E-state index is 13.1. The van der Waals surface area contributed by atoms with E-state index in [-0.39, 0.29) is 22.7 Å². The summed E-state index contributed by atoms with van der Waals surface area (Å²) in [6, 6.07) is 0. The SMILES string of the molecule is C=C1[C@@H]2CC(=O)[C@H]3[C@]4(C)CCCC(C)(C)[C@H]4CC[C@]3(C2)[C@@H]1O. The lowest BCUT2D eigenvalue weighted by molar-refractivity contribution is -0.178. The highest BCUT2D eigenvalue weighted by Crippen LogP contribution is 2.71. The number of carbonyl (C=O) groups is 1. The summed E-state index contributed by atoms with van der Waals surface area (Å²) < 4.78 is 0. The molecule has 0 aromatic carbocycles. The molecular weight excluding hydrogens is 272 g/mol. The van der Waals surface area contributed by atoms with E-state index in [0.29, 0.717) is 23.5 Å². The Balaban J connectivity index is 1.83. The number of hydrogen-bond acceptors (Lipinski definition) is 2. The van der Waals surface area contributed by atoms with E-state index in [4.69, 9.17) is 0 Å². The van der Waals surface area contributed by atoms with Gasteiger partial charge in [0.25, 0.3) is 0 Å². The molecule has 2 nitrogen and oxygen atoms in total. The first-order valence-corrected chi connectivity index (χ1v) is 9.12. The third-order valence-corrected chi connectivity index (χ3v) is 8.22. The molecule has 6 atom stereocenters. The highest BCUT2D eigenvalue weighted by atomic mass is 16.3. The van der Waals surface area contributed by atoms with E-state index < -0.39 is 6.10 Å². The van der Waals surface area contributed by atoms with E-state index in [2.05, 4.69) is 27.4 Å². The minimum Gasteiger partial charge on any atom is -0.388 e. The minimum atomic E-state index is -0.447. The second-order valence-electron chi connectivity index (χ2n) is 9.65. The normalized spacial score (nSPS) is 53.1. The Morgan fingerprint density at radius 1 is 1.18 bits per heavy atom. The number of Topliss-reactive ketones (excluding diaryl/α,β-unsaturated/α-hetero) is 1. The number of aliphatic hydroxyl groups excluding tert-OH is 1. The van der Waals surface area contributed by atoms with Crippen LogP contribution in [0.5, 0.6) is 0 Å². The Labute approximate surface area is 134 Å². The molecular formula is C20H30O2. The molecule has 0 amide bonds. The molecule has 0 heterocycles. The summed E-state index contributed by atoms with van der Waals surface area (Å²) in [5, 5.41) is 11.0. The van der Waals surface area contributed by atoms with Crippen LogP contribution in [-0.2, 0) is 4.79 Å². The summed E-state index contributed by atoms with van der Waals surface area (Å²) in [6.07, 6.45) is 7.03. The van der Waals surface area contributed by atoms with E-state index in [0.717, 1.165) is 24.8 Å². The molecule has 0 aliphatic heterocycles. The molecule has 4 aliphatic carbocycles. The third-order valence-electron chi connectivity index (χ3n) is 8.22. The summed E-state index contributed by atoms with van der Waals surface area (Å²) in [5.41, 5.74) is 1.17. The Morgan fingerprint density at radius 3 is 2.64 bits per heavy atom. The highest BCUT2D eigenvalue weighted by molar-refractivity contribution is 5.85. The molecule has 1 spiro atoms. The van der Waals surface area contributed by atoms with Crippen molar-refractivity contribution in [1.82, 2.24) is 0 Å². The molecule has 4 saturated carbocycles. The van der Waals surface area contributed by atoms with Gasteiger partial charge >= 0.3 is 0 Å². The zero-order valence-electron chi connectivity index (χ0n) is 14.3.